The Morgan fingerprint density at radius 2 is 1.95 bits per heavy atom. The van der Waals surface area contributed by atoms with E-state index in [-0.39, 0.29) is 17.1 Å². The van der Waals surface area contributed by atoms with Crippen molar-refractivity contribution in [2.24, 2.45) is 0 Å². The lowest BCUT2D eigenvalue weighted by Crippen LogP contribution is -2.37. The molecule has 0 saturated heterocycles. The molecule has 0 fully saturated rings. The van der Waals surface area contributed by atoms with Gasteiger partial charge in [0.1, 0.15) is 17.1 Å². The highest BCUT2D eigenvalue weighted by Crippen LogP contribution is 2.25. The molecule has 0 bridgehead atoms. The molecule has 0 saturated carbocycles. The van der Waals surface area contributed by atoms with Crippen LogP contribution in [-0.2, 0) is 0 Å². The van der Waals surface area contributed by atoms with E-state index in [2.05, 4.69) is 24.1 Å². The van der Waals surface area contributed by atoms with E-state index in [1.807, 2.05) is 7.05 Å². The number of carbonyl (C=O) groups is 1. The molecule has 5 heteroatoms. The van der Waals surface area contributed by atoms with Gasteiger partial charge in [0, 0.05) is 19.1 Å². The molecule has 1 aromatic rings. The van der Waals surface area contributed by atoms with Gasteiger partial charge in [0.05, 0.1) is 0 Å². The molecule has 0 spiro atoms. The smallest absolute Gasteiger partial charge is 0.258 e. The van der Waals surface area contributed by atoms with Crippen LogP contribution in [0.5, 0.6) is 11.5 Å². The summed E-state index contributed by atoms with van der Waals surface area (Å²) in [4.78, 5) is 14.0. The van der Waals surface area contributed by atoms with E-state index >= 15 is 0 Å². The Labute approximate surface area is 113 Å². The molecule has 1 unspecified atom stereocenters. The number of carbonyl (C=O) groups excluding carboxylic acids is 1. The number of nitrogens with zero attached hydrogens (tertiary/aromatic N) is 1. The summed E-state index contributed by atoms with van der Waals surface area (Å²) in [6.07, 6.45) is 1.05. The van der Waals surface area contributed by atoms with Gasteiger partial charge in [-0.3, -0.25) is 4.79 Å². The number of rotatable bonds is 6. The minimum atomic E-state index is -0.465. The van der Waals surface area contributed by atoms with Gasteiger partial charge < -0.3 is 20.4 Å². The lowest BCUT2D eigenvalue weighted by Gasteiger charge is -2.23. The highest BCUT2D eigenvalue weighted by Gasteiger charge is 2.15. The third kappa shape index (κ3) is 4.13. The van der Waals surface area contributed by atoms with Gasteiger partial charge in [-0.25, -0.2) is 0 Å². The summed E-state index contributed by atoms with van der Waals surface area (Å²) in [5.74, 6) is -0.895. The van der Waals surface area contributed by atoms with Crippen LogP contribution in [0.4, 0.5) is 0 Å². The summed E-state index contributed by atoms with van der Waals surface area (Å²) in [6.45, 7) is 5.42. The van der Waals surface area contributed by atoms with Crippen LogP contribution >= 0.6 is 0 Å². The normalized spacial score (nSPS) is 12.4. The lowest BCUT2D eigenvalue weighted by atomic mass is 10.1. The first kappa shape index (κ1) is 15.3. The fourth-order valence-corrected chi connectivity index (χ4v) is 1.73. The largest absolute Gasteiger partial charge is 0.507 e. The van der Waals surface area contributed by atoms with Crippen molar-refractivity contribution in [2.75, 3.05) is 20.1 Å². The maximum absolute atomic E-state index is 11.9. The van der Waals surface area contributed by atoms with Crippen LogP contribution in [0.15, 0.2) is 18.2 Å². The van der Waals surface area contributed by atoms with Crippen molar-refractivity contribution in [1.29, 1.82) is 0 Å². The second-order valence-corrected chi connectivity index (χ2v) is 4.67. The van der Waals surface area contributed by atoms with Crippen molar-refractivity contribution in [2.45, 2.75) is 26.3 Å². The van der Waals surface area contributed by atoms with Crippen molar-refractivity contribution in [1.82, 2.24) is 10.2 Å². The predicted octanol–water partition coefficient (Wildman–Crippen LogP) is 1.56. The minimum Gasteiger partial charge on any atom is -0.507 e. The van der Waals surface area contributed by atoms with Gasteiger partial charge in [-0.15, -0.1) is 0 Å². The molecule has 0 aromatic heterocycles. The summed E-state index contributed by atoms with van der Waals surface area (Å²) in [5.41, 5.74) is -0.0753. The summed E-state index contributed by atoms with van der Waals surface area (Å²) in [5, 5.41) is 21.8. The van der Waals surface area contributed by atoms with E-state index in [4.69, 9.17) is 0 Å². The molecule has 1 aromatic carbocycles. The standard InChI is InChI=1S/C14H22N2O3/c1-4-10(2)16(3)9-8-15-14(19)13-11(17)6-5-7-12(13)18/h5-7,10,17-18H,4,8-9H2,1-3H3,(H,15,19). The number of hydrogen-bond donors (Lipinski definition) is 3. The van der Waals surface area contributed by atoms with Gasteiger partial charge in [-0.05, 0) is 32.5 Å². The summed E-state index contributed by atoms with van der Waals surface area (Å²) < 4.78 is 0. The van der Waals surface area contributed by atoms with Gasteiger partial charge in [0.25, 0.3) is 5.91 Å². The summed E-state index contributed by atoms with van der Waals surface area (Å²) in [7, 11) is 2.00. The maximum atomic E-state index is 11.9. The molecule has 106 valence electrons. The summed E-state index contributed by atoms with van der Waals surface area (Å²) >= 11 is 0. The van der Waals surface area contributed by atoms with Crippen LogP contribution < -0.4 is 5.32 Å². The van der Waals surface area contributed by atoms with Crippen LogP contribution in [0, 0.1) is 0 Å². The molecule has 5 nitrogen and oxygen atoms in total. The van der Waals surface area contributed by atoms with E-state index in [9.17, 15) is 15.0 Å². The highest BCUT2D eigenvalue weighted by atomic mass is 16.3. The Balaban J connectivity index is 2.53. The van der Waals surface area contributed by atoms with Crippen LogP contribution in [-0.4, -0.2) is 47.2 Å². The van der Waals surface area contributed by atoms with Gasteiger partial charge in [0.15, 0.2) is 0 Å². The number of hydrogen-bond acceptors (Lipinski definition) is 4. The molecule has 0 heterocycles. The fraction of sp³-hybridized carbons (Fsp3) is 0.500. The molecule has 0 radical (unpaired) electrons. The Kier molecular flexibility index (Phi) is 5.63. The Morgan fingerprint density at radius 3 is 2.47 bits per heavy atom. The van der Waals surface area contributed by atoms with Gasteiger partial charge >= 0.3 is 0 Å². The van der Waals surface area contributed by atoms with E-state index < -0.39 is 5.91 Å². The first-order valence-electron chi connectivity index (χ1n) is 6.46. The Bertz CT molecular complexity index is 414. The predicted molar refractivity (Wildman–Crippen MR) is 74.5 cm³/mol. The summed E-state index contributed by atoms with van der Waals surface area (Å²) in [6, 6.07) is 4.69. The van der Waals surface area contributed by atoms with Crippen LogP contribution in [0.25, 0.3) is 0 Å². The average Bonchev–Trinajstić information content (AvgIpc) is 2.37. The van der Waals surface area contributed by atoms with Crippen molar-refractivity contribution in [3.8, 4) is 11.5 Å². The number of phenolic OH excluding ortho intramolecular Hbond substituents is 2. The lowest BCUT2D eigenvalue weighted by molar-refractivity contribution is 0.0942. The molecular formula is C14H22N2O3. The second kappa shape index (κ2) is 6.99. The van der Waals surface area contributed by atoms with Gasteiger partial charge in [-0.1, -0.05) is 13.0 Å². The van der Waals surface area contributed by atoms with Crippen molar-refractivity contribution >= 4 is 5.91 Å². The molecular weight excluding hydrogens is 244 g/mol. The number of aromatic hydroxyl groups is 2. The first-order chi connectivity index (χ1) is 8.97. The average molecular weight is 266 g/mol. The third-order valence-corrected chi connectivity index (χ3v) is 3.34. The second-order valence-electron chi connectivity index (χ2n) is 4.67. The van der Waals surface area contributed by atoms with Crippen molar-refractivity contribution in [3.05, 3.63) is 23.8 Å². The van der Waals surface area contributed by atoms with Gasteiger partial charge in [0.2, 0.25) is 0 Å². The van der Waals surface area contributed by atoms with E-state index in [0.717, 1.165) is 13.0 Å². The molecule has 1 amide bonds. The number of likely N-dealkylation sites (N-methyl/N-ethyl adjacent to an activating group) is 1. The minimum absolute atomic E-state index is 0.0753. The Morgan fingerprint density at radius 1 is 1.37 bits per heavy atom. The number of nitrogens with one attached hydrogen (secondary N) is 1. The van der Waals surface area contributed by atoms with Crippen molar-refractivity contribution < 1.29 is 15.0 Å². The van der Waals surface area contributed by atoms with E-state index in [1.165, 1.54) is 18.2 Å². The number of amides is 1. The SMILES string of the molecule is CCC(C)N(C)CCNC(=O)c1c(O)cccc1O. The molecule has 1 atom stereocenters. The molecule has 0 aliphatic heterocycles. The van der Waals surface area contributed by atoms with Crippen LogP contribution in [0.1, 0.15) is 30.6 Å². The Hall–Kier alpha value is -1.75. The maximum Gasteiger partial charge on any atom is 0.258 e. The van der Waals surface area contributed by atoms with E-state index in [0.29, 0.717) is 12.6 Å². The molecule has 0 aliphatic carbocycles. The quantitative estimate of drug-likeness (QED) is 0.730. The molecule has 0 aliphatic rings. The topological polar surface area (TPSA) is 72.8 Å². The highest BCUT2D eigenvalue weighted by molar-refractivity contribution is 5.99. The zero-order chi connectivity index (χ0) is 14.4. The molecule has 19 heavy (non-hydrogen) atoms. The van der Waals surface area contributed by atoms with Crippen molar-refractivity contribution in [3.63, 3.8) is 0 Å². The molecule has 3 N–H and O–H groups in total. The monoisotopic (exact) mass is 266 g/mol. The van der Waals surface area contributed by atoms with Gasteiger partial charge in [-0.2, -0.15) is 0 Å². The zero-order valence-electron chi connectivity index (χ0n) is 11.7. The first-order valence-corrected chi connectivity index (χ1v) is 6.46. The molecule has 1 rings (SSSR count). The fourth-order valence-electron chi connectivity index (χ4n) is 1.73. The number of phenols is 2. The zero-order valence-corrected chi connectivity index (χ0v) is 11.7. The van der Waals surface area contributed by atoms with E-state index in [1.54, 1.807) is 0 Å². The van der Waals surface area contributed by atoms with Crippen LogP contribution in [0.3, 0.4) is 0 Å². The van der Waals surface area contributed by atoms with Crippen LogP contribution in [0.2, 0.25) is 0 Å². The third-order valence-electron chi connectivity index (χ3n) is 3.34. The number of benzene rings is 1.